The van der Waals surface area contributed by atoms with Gasteiger partial charge in [0.15, 0.2) is 0 Å². The van der Waals surface area contributed by atoms with E-state index in [1.807, 2.05) is 0 Å². The maximum atomic E-state index is 2.51. The Morgan fingerprint density at radius 2 is 0.862 bits per heavy atom. The molecule has 0 spiro atoms. The quantitative estimate of drug-likeness (QED) is 0.158. The van der Waals surface area contributed by atoms with Crippen LogP contribution in [0.5, 0.6) is 0 Å². The van der Waals surface area contributed by atoms with E-state index >= 15 is 0 Å². The summed E-state index contributed by atoms with van der Waals surface area (Å²) >= 11 is 0. The molecule has 0 radical (unpaired) electrons. The Bertz CT molecular complexity index is 3270. The predicted molar refractivity (Wildman–Crippen MR) is 247 cm³/mol. The number of hydrogen-bond donors (Lipinski definition) is 0. The van der Waals surface area contributed by atoms with E-state index in [0.29, 0.717) is 0 Å². The van der Waals surface area contributed by atoms with Gasteiger partial charge in [0.05, 0.1) is 22.4 Å². The summed E-state index contributed by atoms with van der Waals surface area (Å²) in [4.78, 5) is 2.44. The van der Waals surface area contributed by atoms with Crippen molar-refractivity contribution in [3.8, 4) is 39.1 Å². The van der Waals surface area contributed by atoms with Gasteiger partial charge in [0.2, 0.25) is 0 Å². The molecule has 1 aromatic heterocycles. The van der Waals surface area contributed by atoms with Gasteiger partial charge >= 0.3 is 0 Å². The molecule has 11 aromatic rings. The van der Waals surface area contributed by atoms with E-state index in [4.69, 9.17) is 0 Å². The zero-order valence-corrected chi connectivity index (χ0v) is 31.8. The molecule has 0 atom stereocenters. The second-order valence-electron chi connectivity index (χ2n) is 14.9. The maximum Gasteiger partial charge on any atom is 0.0618 e. The van der Waals surface area contributed by atoms with Crippen LogP contribution in [0.25, 0.3) is 82.4 Å². The topological polar surface area (TPSA) is 8.17 Å². The van der Waals surface area contributed by atoms with Crippen molar-refractivity contribution in [2.45, 2.75) is 0 Å². The molecule has 0 fully saturated rings. The largest absolute Gasteiger partial charge is 0.310 e. The monoisotopic (exact) mass is 738 g/mol. The third-order valence-electron chi connectivity index (χ3n) is 11.6. The molecule has 0 aliphatic rings. The van der Waals surface area contributed by atoms with Crippen molar-refractivity contribution in [2.75, 3.05) is 4.90 Å². The summed E-state index contributed by atoms with van der Waals surface area (Å²) in [5.41, 5.74) is 13.9. The smallest absolute Gasteiger partial charge is 0.0618 e. The number of nitrogens with zero attached hydrogens (tertiary/aromatic N) is 2. The first-order chi connectivity index (χ1) is 28.8. The molecular formula is C56H38N2. The molecule has 0 N–H and O–H groups in total. The lowest BCUT2D eigenvalue weighted by atomic mass is 9.94. The minimum absolute atomic E-state index is 1.08. The van der Waals surface area contributed by atoms with Gasteiger partial charge in [-0.2, -0.15) is 0 Å². The normalized spacial score (nSPS) is 11.4. The number of benzene rings is 10. The lowest BCUT2D eigenvalue weighted by Crippen LogP contribution is -2.11. The Kier molecular flexibility index (Phi) is 8.19. The number of aromatic nitrogens is 1. The summed E-state index contributed by atoms with van der Waals surface area (Å²) in [6.45, 7) is 0. The summed E-state index contributed by atoms with van der Waals surface area (Å²) < 4.78 is 2.51. The number of hydrogen-bond acceptors (Lipinski definition) is 1. The van der Waals surface area contributed by atoms with E-state index in [-0.39, 0.29) is 0 Å². The molecule has 0 saturated carbocycles. The van der Waals surface area contributed by atoms with Crippen LogP contribution >= 0.6 is 0 Å². The number of fused-ring (bicyclic) bond motifs is 5. The summed E-state index contributed by atoms with van der Waals surface area (Å²) in [5.74, 6) is 0. The average Bonchev–Trinajstić information content (AvgIpc) is 3.62. The van der Waals surface area contributed by atoms with Crippen LogP contribution in [0.3, 0.4) is 0 Å². The number of para-hydroxylation sites is 2. The second-order valence-corrected chi connectivity index (χ2v) is 14.9. The molecule has 0 aliphatic carbocycles. The second kappa shape index (κ2) is 14.1. The molecular weight excluding hydrogens is 701 g/mol. The molecule has 58 heavy (non-hydrogen) atoms. The van der Waals surface area contributed by atoms with Crippen LogP contribution in [-0.2, 0) is 0 Å². The Morgan fingerprint density at radius 3 is 1.62 bits per heavy atom. The third-order valence-corrected chi connectivity index (χ3v) is 11.6. The molecule has 1 heterocycles. The number of rotatable bonds is 7. The van der Waals surface area contributed by atoms with E-state index in [2.05, 4.69) is 240 Å². The van der Waals surface area contributed by atoms with E-state index < -0.39 is 0 Å². The van der Waals surface area contributed by atoms with Crippen LogP contribution in [0.15, 0.2) is 231 Å². The zero-order valence-electron chi connectivity index (χ0n) is 31.8. The molecule has 0 bridgehead atoms. The molecule has 10 aromatic carbocycles. The van der Waals surface area contributed by atoms with Crippen molar-refractivity contribution >= 4 is 60.4 Å². The SMILES string of the molecule is c1ccc(-c2ccc(-c3cccc4ccccc34)cc2N(c2ccccc2)c2ccc3c4ccccc4n(-c4c(-c5ccccc5)ccc5ccccc45)c3c2)cc1. The highest BCUT2D eigenvalue weighted by atomic mass is 15.1. The fraction of sp³-hybridized carbons (Fsp3) is 0. The molecule has 2 heteroatoms. The first-order valence-corrected chi connectivity index (χ1v) is 19.9. The lowest BCUT2D eigenvalue weighted by molar-refractivity contribution is 1.19. The Hall–Kier alpha value is -7.68. The van der Waals surface area contributed by atoms with E-state index in [1.165, 1.54) is 71.3 Å². The fourth-order valence-corrected chi connectivity index (χ4v) is 8.91. The summed E-state index contributed by atoms with van der Waals surface area (Å²) in [6.07, 6.45) is 0. The predicted octanol–water partition coefficient (Wildman–Crippen LogP) is 15.6. The zero-order chi connectivity index (χ0) is 38.4. The van der Waals surface area contributed by atoms with Gasteiger partial charge in [-0.15, -0.1) is 0 Å². The Labute approximate surface area is 338 Å². The summed E-state index contributed by atoms with van der Waals surface area (Å²) in [7, 11) is 0. The summed E-state index contributed by atoms with van der Waals surface area (Å²) in [6, 6.07) is 83.8. The van der Waals surface area contributed by atoms with Crippen LogP contribution in [0, 0.1) is 0 Å². The van der Waals surface area contributed by atoms with Gasteiger partial charge in [-0.3, -0.25) is 0 Å². The van der Waals surface area contributed by atoms with E-state index in [0.717, 1.165) is 28.1 Å². The van der Waals surface area contributed by atoms with Gasteiger partial charge in [0.1, 0.15) is 0 Å². The van der Waals surface area contributed by atoms with Crippen molar-refractivity contribution in [3.05, 3.63) is 231 Å². The maximum absolute atomic E-state index is 2.51. The van der Waals surface area contributed by atoms with Crippen molar-refractivity contribution in [1.29, 1.82) is 0 Å². The fourth-order valence-electron chi connectivity index (χ4n) is 8.91. The molecule has 11 rings (SSSR count). The molecule has 0 unspecified atom stereocenters. The minimum atomic E-state index is 1.08. The van der Waals surface area contributed by atoms with Crippen LogP contribution in [0.4, 0.5) is 17.1 Å². The molecule has 2 nitrogen and oxygen atoms in total. The van der Waals surface area contributed by atoms with Crippen molar-refractivity contribution in [3.63, 3.8) is 0 Å². The van der Waals surface area contributed by atoms with E-state index in [9.17, 15) is 0 Å². The van der Waals surface area contributed by atoms with Crippen molar-refractivity contribution in [2.24, 2.45) is 0 Å². The first-order valence-electron chi connectivity index (χ1n) is 19.9. The standard InChI is InChI=1S/C56H38N2/c1-4-17-40(18-5-1)48-34-32-43(47-29-16-23-39-21-10-12-26-46(39)47)37-54(48)57(44-24-8-3-9-25-44)45-33-36-52-51-28-14-15-30-53(51)58(55(52)38-45)56-49-27-13-11-22-42(49)31-35-50(56)41-19-6-2-7-20-41/h1-38H. The van der Waals surface area contributed by atoms with E-state index in [1.54, 1.807) is 0 Å². The Balaban J connectivity index is 1.22. The van der Waals surface area contributed by atoms with Crippen molar-refractivity contribution < 1.29 is 0 Å². The van der Waals surface area contributed by atoms with Gasteiger partial charge in [-0.05, 0) is 74.8 Å². The van der Waals surface area contributed by atoms with Gasteiger partial charge in [-0.1, -0.05) is 194 Å². The van der Waals surface area contributed by atoms with Crippen LogP contribution < -0.4 is 4.90 Å². The molecule has 0 amide bonds. The van der Waals surface area contributed by atoms with Crippen LogP contribution in [0.1, 0.15) is 0 Å². The molecule has 0 aliphatic heterocycles. The molecule has 272 valence electrons. The first kappa shape index (κ1) is 33.6. The molecule has 0 saturated heterocycles. The van der Waals surface area contributed by atoms with Gasteiger partial charge < -0.3 is 9.47 Å². The minimum Gasteiger partial charge on any atom is -0.310 e. The van der Waals surface area contributed by atoms with Crippen LogP contribution in [-0.4, -0.2) is 4.57 Å². The lowest BCUT2D eigenvalue weighted by Gasteiger charge is -2.29. The van der Waals surface area contributed by atoms with Gasteiger partial charge in [-0.25, -0.2) is 0 Å². The average molecular weight is 739 g/mol. The van der Waals surface area contributed by atoms with Gasteiger partial charge in [0.25, 0.3) is 0 Å². The number of anilines is 3. The van der Waals surface area contributed by atoms with Crippen molar-refractivity contribution in [1.82, 2.24) is 4.57 Å². The highest BCUT2D eigenvalue weighted by Crippen LogP contribution is 2.46. The Morgan fingerprint density at radius 1 is 0.293 bits per heavy atom. The van der Waals surface area contributed by atoms with Gasteiger partial charge in [0, 0.05) is 38.7 Å². The van der Waals surface area contributed by atoms with Crippen LogP contribution in [0.2, 0.25) is 0 Å². The highest BCUT2D eigenvalue weighted by Gasteiger charge is 2.23. The highest BCUT2D eigenvalue weighted by molar-refractivity contribution is 6.13. The third kappa shape index (κ3) is 5.66. The summed E-state index contributed by atoms with van der Waals surface area (Å²) in [5, 5.41) is 7.34.